The first-order chi connectivity index (χ1) is 7.07. The molecule has 1 aromatic rings. The Labute approximate surface area is 93.0 Å². The summed E-state index contributed by atoms with van der Waals surface area (Å²) in [5.74, 6) is -0.811. The van der Waals surface area contributed by atoms with E-state index in [1.807, 2.05) is 0 Å². The molecule has 0 N–H and O–H groups in total. The van der Waals surface area contributed by atoms with Crippen molar-refractivity contribution in [1.29, 1.82) is 0 Å². The van der Waals surface area contributed by atoms with Crippen molar-refractivity contribution in [3.05, 3.63) is 35.4 Å². The van der Waals surface area contributed by atoms with E-state index in [0.717, 1.165) is 0 Å². The lowest BCUT2D eigenvalue weighted by Crippen LogP contribution is -2.16. The Morgan fingerprint density at radius 1 is 1.27 bits per heavy atom. The molecular weight excluding hydrogens is 216 g/mol. The number of hydrogen-bond acceptors (Lipinski definition) is 3. The van der Waals surface area contributed by atoms with Gasteiger partial charge in [0.15, 0.2) is 5.78 Å². The zero-order chi connectivity index (χ0) is 11.4. The molecule has 0 aliphatic heterocycles. The molecule has 0 aliphatic rings. The third-order valence-corrected chi connectivity index (χ3v) is 2.16. The van der Waals surface area contributed by atoms with E-state index in [4.69, 9.17) is 11.6 Å². The summed E-state index contributed by atoms with van der Waals surface area (Å²) >= 11 is 5.68. The third-order valence-electron chi connectivity index (χ3n) is 1.96. The first-order valence-corrected chi connectivity index (χ1v) is 4.87. The van der Waals surface area contributed by atoms with Crippen LogP contribution in [0.25, 0.3) is 0 Å². The normalized spacial score (nSPS) is 11.9. The van der Waals surface area contributed by atoms with E-state index < -0.39 is 11.3 Å². The monoisotopic (exact) mass is 226 g/mol. The van der Waals surface area contributed by atoms with Crippen molar-refractivity contribution >= 4 is 23.4 Å². The maximum atomic E-state index is 11.6. The van der Waals surface area contributed by atoms with Crippen LogP contribution < -0.4 is 0 Å². The molecule has 0 aliphatic carbocycles. The Morgan fingerprint density at radius 2 is 1.80 bits per heavy atom. The van der Waals surface area contributed by atoms with Crippen LogP contribution in [0.3, 0.4) is 0 Å². The van der Waals surface area contributed by atoms with Gasteiger partial charge in [-0.05, 0) is 13.0 Å². The van der Waals surface area contributed by atoms with Crippen LogP contribution in [-0.4, -0.2) is 24.2 Å². The van der Waals surface area contributed by atoms with E-state index in [1.165, 1.54) is 7.11 Å². The first-order valence-electron chi connectivity index (χ1n) is 4.43. The standard InChI is InChI=1S/C11H11ClO3/c1-7(12)10(13)8-5-3-4-6-9(8)11(14)15-2/h3-7H,1-2H3. The van der Waals surface area contributed by atoms with Gasteiger partial charge >= 0.3 is 5.97 Å². The minimum Gasteiger partial charge on any atom is -0.465 e. The maximum Gasteiger partial charge on any atom is 0.338 e. The minimum atomic E-state index is -0.657. The van der Waals surface area contributed by atoms with Gasteiger partial charge in [-0.1, -0.05) is 18.2 Å². The summed E-state index contributed by atoms with van der Waals surface area (Å²) in [7, 11) is 1.27. The summed E-state index contributed by atoms with van der Waals surface area (Å²) in [4.78, 5) is 23.0. The van der Waals surface area contributed by atoms with Crippen LogP contribution >= 0.6 is 11.6 Å². The number of benzene rings is 1. The van der Waals surface area contributed by atoms with Crippen LogP contribution in [0.2, 0.25) is 0 Å². The Balaban J connectivity index is 3.18. The maximum absolute atomic E-state index is 11.6. The number of carbonyl (C=O) groups excluding carboxylic acids is 2. The molecule has 0 heterocycles. The van der Waals surface area contributed by atoms with Crippen molar-refractivity contribution < 1.29 is 14.3 Å². The molecule has 0 radical (unpaired) electrons. The molecule has 0 saturated carbocycles. The topological polar surface area (TPSA) is 43.4 Å². The largest absolute Gasteiger partial charge is 0.465 e. The van der Waals surface area contributed by atoms with Crippen LogP contribution in [0, 0.1) is 0 Å². The average molecular weight is 227 g/mol. The first kappa shape index (κ1) is 11.7. The highest BCUT2D eigenvalue weighted by Crippen LogP contribution is 2.14. The van der Waals surface area contributed by atoms with E-state index in [1.54, 1.807) is 31.2 Å². The summed E-state index contributed by atoms with van der Waals surface area (Å²) in [6, 6.07) is 6.45. The molecule has 0 amide bonds. The second-order valence-electron chi connectivity index (χ2n) is 3.02. The van der Waals surface area contributed by atoms with Gasteiger partial charge in [-0.2, -0.15) is 0 Å². The van der Waals surface area contributed by atoms with E-state index in [2.05, 4.69) is 4.74 Å². The van der Waals surface area contributed by atoms with Crippen molar-refractivity contribution in [3.63, 3.8) is 0 Å². The highest BCUT2D eigenvalue weighted by molar-refractivity contribution is 6.34. The molecule has 1 rings (SSSR count). The second kappa shape index (κ2) is 4.94. The molecule has 1 atom stereocenters. The van der Waals surface area contributed by atoms with Gasteiger partial charge in [-0.25, -0.2) is 4.79 Å². The summed E-state index contributed by atoms with van der Waals surface area (Å²) in [5, 5.41) is -0.657. The Bertz CT molecular complexity index is 385. The quantitative estimate of drug-likeness (QED) is 0.451. The number of alkyl halides is 1. The van der Waals surface area contributed by atoms with E-state index >= 15 is 0 Å². The van der Waals surface area contributed by atoms with Crippen LogP contribution in [0.4, 0.5) is 0 Å². The molecule has 0 bridgehead atoms. The van der Waals surface area contributed by atoms with Gasteiger partial charge in [0.1, 0.15) is 0 Å². The van der Waals surface area contributed by atoms with Gasteiger partial charge in [0.05, 0.1) is 18.1 Å². The highest BCUT2D eigenvalue weighted by atomic mass is 35.5. The van der Waals surface area contributed by atoms with Crippen LogP contribution in [0.5, 0.6) is 0 Å². The SMILES string of the molecule is COC(=O)c1ccccc1C(=O)C(C)Cl. The highest BCUT2D eigenvalue weighted by Gasteiger charge is 2.19. The molecule has 0 spiro atoms. The fraction of sp³-hybridized carbons (Fsp3) is 0.273. The van der Waals surface area contributed by atoms with Crippen molar-refractivity contribution in [2.75, 3.05) is 7.11 Å². The summed E-state index contributed by atoms with van der Waals surface area (Å²) in [6.45, 7) is 1.57. The molecule has 15 heavy (non-hydrogen) atoms. The Morgan fingerprint density at radius 3 is 2.27 bits per heavy atom. The van der Waals surface area contributed by atoms with Gasteiger partial charge in [0.2, 0.25) is 0 Å². The minimum absolute atomic E-state index is 0.248. The van der Waals surface area contributed by atoms with Crippen LogP contribution in [0.1, 0.15) is 27.6 Å². The van der Waals surface area contributed by atoms with Gasteiger partial charge in [0, 0.05) is 5.56 Å². The number of rotatable bonds is 3. The number of esters is 1. The van der Waals surface area contributed by atoms with Crippen molar-refractivity contribution in [2.24, 2.45) is 0 Å². The number of Topliss-reactive ketones (excluding diaryl/α,β-unsaturated/α-hetero) is 1. The zero-order valence-corrected chi connectivity index (χ0v) is 9.25. The number of halogens is 1. The van der Waals surface area contributed by atoms with Crippen LogP contribution in [-0.2, 0) is 4.74 Å². The smallest absolute Gasteiger partial charge is 0.338 e. The predicted octanol–water partition coefficient (Wildman–Crippen LogP) is 2.28. The lowest BCUT2D eigenvalue weighted by molar-refractivity contribution is 0.0597. The molecule has 1 aromatic carbocycles. The molecule has 0 fully saturated rings. The van der Waals surface area contributed by atoms with E-state index in [0.29, 0.717) is 5.56 Å². The average Bonchev–Trinajstić information content (AvgIpc) is 2.27. The molecule has 3 nitrogen and oxygen atoms in total. The van der Waals surface area contributed by atoms with Crippen LogP contribution in [0.15, 0.2) is 24.3 Å². The fourth-order valence-corrected chi connectivity index (χ4v) is 1.32. The predicted molar refractivity (Wildman–Crippen MR) is 57.4 cm³/mol. The lowest BCUT2D eigenvalue weighted by Gasteiger charge is -2.07. The van der Waals surface area contributed by atoms with E-state index in [9.17, 15) is 9.59 Å². The summed E-state index contributed by atoms with van der Waals surface area (Å²) in [6.07, 6.45) is 0. The summed E-state index contributed by atoms with van der Waals surface area (Å²) in [5.41, 5.74) is 0.546. The van der Waals surface area contributed by atoms with E-state index in [-0.39, 0.29) is 11.3 Å². The van der Waals surface area contributed by atoms with Gasteiger partial charge in [0.25, 0.3) is 0 Å². The molecule has 4 heteroatoms. The molecule has 80 valence electrons. The fourth-order valence-electron chi connectivity index (χ4n) is 1.20. The number of methoxy groups -OCH3 is 1. The van der Waals surface area contributed by atoms with Crippen molar-refractivity contribution in [1.82, 2.24) is 0 Å². The number of ether oxygens (including phenoxy) is 1. The van der Waals surface area contributed by atoms with Gasteiger partial charge in [-0.15, -0.1) is 11.6 Å². The van der Waals surface area contributed by atoms with Crippen molar-refractivity contribution in [2.45, 2.75) is 12.3 Å². The molecular formula is C11H11ClO3. The number of hydrogen-bond donors (Lipinski definition) is 0. The van der Waals surface area contributed by atoms with Gasteiger partial charge in [-0.3, -0.25) is 4.79 Å². The lowest BCUT2D eigenvalue weighted by atomic mass is 10.0. The van der Waals surface area contributed by atoms with Gasteiger partial charge < -0.3 is 4.74 Å². The Hall–Kier alpha value is -1.35. The molecule has 1 unspecified atom stereocenters. The zero-order valence-electron chi connectivity index (χ0n) is 8.49. The summed E-state index contributed by atoms with van der Waals surface area (Å²) < 4.78 is 4.57. The number of ketones is 1. The second-order valence-corrected chi connectivity index (χ2v) is 3.67. The number of carbonyl (C=O) groups is 2. The molecule has 0 saturated heterocycles. The van der Waals surface area contributed by atoms with Crippen molar-refractivity contribution in [3.8, 4) is 0 Å². The Kier molecular flexibility index (Phi) is 3.86. The molecule has 0 aromatic heterocycles. The third kappa shape index (κ3) is 2.57.